The van der Waals surface area contributed by atoms with Crippen molar-refractivity contribution in [3.63, 3.8) is 0 Å². The van der Waals surface area contributed by atoms with E-state index in [1.165, 1.54) is 29.6 Å². The highest BCUT2D eigenvalue weighted by Gasteiger charge is 2.40. The number of amides is 3. The van der Waals surface area contributed by atoms with Crippen molar-refractivity contribution in [2.45, 2.75) is 45.3 Å². The highest BCUT2D eigenvalue weighted by atomic mass is 35.5. The molecular formula is C28H30ClN9O2. The molecule has 1 unspecified atom stereocenters. The number of halogens is 1. The molecule has 11 nitrogen and oxygen atoms in total. The number of carbonyl (C=O) groups excluding carboxylic acids is 2. The van der Waals surface area contributed by atoms with E-state index >= 15 is 0 Å². The molecular weight excluding hydrogens is 530 g/mol. The number of hydrogen-bond acceptors (Lipinski definition) is 8. The molecule has 1 aromatic carbocycles. The Kier molecular flexibility index (Phi) is 9.62. The van der Waals surface area contributed by atoms with Gasteiger partial charge in [-0.2, -0.15) is 5.26 Å². The number of rotatable bonds is 7. The van der Waals surface area contributed by atoms with Crippen LogP contribution in [0.4, 0.5) is 16.2 Å². The minimum Gasteiger partial charge on any atom is -0.383 e. The quantitative estimate of drug-likeness (QED) is 0.297. The summed E-state index contributed by atoms with van der Waals surface area (Å²) in [5.74, 6) is 2.29. The molecule has 0 aliphatic carbocycles. The summed E-state index contributed by atoms with van der Waals surface area (Å²) in [7, 11) is 0. The fourth-order valence-electron chi connectivity index (χ4n) is 4.00. The van der Waals surface area contributed by atoms with Gasteiger partial charge in [-0.1, -0.05) is 23.6 Å². The lowest BCUT2D eigenvalue weighted by atomic mass is 9.95. The van der Waals surface area contributed by atoms with Crippen LogP contribution in [0, 0.1) is 23.7 Å². The normalized spacial score (nSPS) is 18.8. The number of hydrogen-bond donors (Lipinski definition) is 4. The third-order valence-electron chi connectivity index (χ3n) is 5.74. The summed E-state index contributed by atoms with van der Waals surface area (Å²) in [6.07, 6.45) is 10.9. The number of allylic oxidation sites excluding steroid dienone is 3. The molecule has 1 aromatic rings. The molecule has 2 aliphatic heterocycles. The van der Waals surface area contributed by atoms with Crippen LogP contribution >= 0.6 is 11.6 Å². The maximum absolute atomic E-state index is 13.9. The van der Waals surface area contributed by atoms with E-state index in [4.69, 9.17) is 28.8 Å². The second kappa shape index (κ2) is 12.9. The highest BCUT2D eigenvalue weighted by Crippen LogP contribution is 2.30. The number of benzene rings is 1. The van der Waals surface area contributed by atoms with Gasteiger partial charge in [0.1, 0.15) is 24.1 Å². The van der Waals surface area contributed by atoms with Crippen molar-refractivity contribution in [3.8, 4) is 18.4 Å². The van der Waals surface area contributed by atoms with Gasteiger partial charge in [0.2, 0.25) is 0 Å². The Morgan fingerprint density at radius 3 is 2.80 bits per heavy atom. The maximum Gasteiger partial charge on any atom is 0.319 e. The van der Waals surface area contributed by atoms with Crippen LogP contribution in [0.25, 0.3) is 0 Å². The van der Waals surface area contributed by atoms with E-state index in [-0.39, 0.29) is 40.6 Å². The van der Waals surface area contributed by atoms with E-state index in [0.29, 0.717) is 17.2 Å². The number of nitrogens with zero attached hydrogens (tertiary/aromatic N) is 5. The van der Waals surface area contributed by atoms with Crippen molar-refractivity contribution in [2.24, 2.45) is 20.7 Å². The first-order valence-corrected chi connectivity index (χ1v) is 12.7. The predicted molar refractivity (Wildman–Crippen MR) is 159 cm³/mol. The molecule has 12 heteroatoms. The van der Waals surface area contributed by atoms with E-state index in [0.717, 1.165) is 0 Å². The predicted octanol–water partition coefficient (Wildman–Crippen LogP) is 3.19. The van der Waals surface area contributed by atoms with E-state index in [2.05, 4.69) is 37.9 Å². The zero-order valence-corrected chi connectivity index (χ0v) is 23.3. The van der Waals surface area contributed by atoms with Crippen LogP contribution in [0.15, 0.2) is 73.4 Å². The SMILES string of the molecule is C#C/C=C\C(Cl)=C1/CN=C(C(C)(C)NC2C=NC=NC(N)=C2C#N)N(c2cccc(NC(=O)NC(C)C)c2)C1=O. The molecule has 0 spiro atoms. The molecule has 0 fully saturated rings. The lowest BCUT2D eigenvalue weighted by Gasteiger charge is -2.39. The highest BCUT2D eigenvalue weighted by molar-refractivity contribution is 6.36. The molecule has 5 N–H and O–H groups in total. The van der Waals surface area contributed by atoms with E-state index in [1.807, 2.05) is 27.7 Å². The molecule has 3 amide bonds. The Morgan fingerprint density at radius 1 is 1.38 bits per heavy atom. The molecule has 0 aromatic heterocycles. The first-order valence-electron chi connectivity index (χ1n) is 12.3. The van der Waals surface area contributed by atoms with Crippen molar-refractivity contribution in [1.29, 1.82) is 5.26 Å². The summed E-state index contributed by atoms with van der Waals surface area (Å²) in [6, 6.07) is 7.67. The Hall–Kier alpha value is -4.71. The van der Waals surface area contributed by atoms with Gasteiger partial charge in [0.05, 0.1) is 40.0 Å². The topological polar surface area (TPSA) is 160 Å². The van der Waals surface area contributed by atoms with Gasteiger partial charge in [0.15, 0.2) is 0 Å². The van der Waals surface area contributed by atoms with Gasteiger partial charge in [-0.05, 0) is 58.0 Å². The minimum atomic E-state index is -1.01. The molecule has 0 radical (unpaired) electrons. The Bertz CT molecular complexity index is 1450. The van der Waals surface area contributed by atoms with Gasteiger partial charge in [0.25, 0.3) is 5.91 Å². The monoisotopic (exact) mass is 559 g/mol. The summed E-state index contributed by atoms with van der Waals surface area (Å²) in [6.45, 7) is 7.30. The van der Waals surface area contributed by atoms with Crippen molar-refractivity contribution >= 4 is 53.3 Å². The average Bonchev–Trinajstić information content (AvgIpc) is 3.06. The largest absolute Gasteiger partial charge is 0.383 e. The second-order valence-electron chi connectivity index (χ2n) is 9.61. The van der Waals surface area contributed by atoms with Crippen molar-refractivity contribution < 1.29 is 9.59 Å². The van der Waals surface area contributed by atoms with Crippen LogP contribution in [0.2, 0.25) is 0 Å². The van der Waals surface area contributed by atoms with Gasteiger partial charge in [-0.25, -0.2) is 14.8 Å². The van der Waals surface area contributed by atoms with Crippen LogP contribution in [0.1, 0.15) is 27.7 Å². The molecule has 2 heterocycles. The van der Waals surface area contributed by atoms with Gasteiger partial charge in [-0.15, -0.1) is 6.42 Å². The molecule has 1 atom stereocenters. The number of nitrogens with one attached hydrogen (secondary N) is 3. The standard InChI is InChI=1S/C28H30ClN9O2/c1-6-7-11-22(29)21-14-33-26(28(4,5)37-23-15-32-16-34-24(31)20(23)13-30)38(25(21)39)19-10-8-9-18(12-19)36-27(40)35-17(2)3/h1,7-12,15-17,23,37H,14,31H2,2-5H3,(H2,35,36,40)/b11-7-,22-21-. The fourth-order valence-corrected chi connectivity index (χ4v) is 4.21. The van der Waals surface area contributed by atoms with E-state index < -0.39 is 17.5 Å². The molecule has 2 aliphatic rings. The number of aliphatic imine (C=N–C) groups is 3. The number of nitriles is 1. The maximum atomic E-state index is 13.9. The third-order valence-corrected chi connectivity index (χ3v) is 6.09. The minimum absolute atomic E-state index is 0.0107. The molecule has 3 rings (SSSR count). The van der Waals surface area contributed by atoms with Crippen LogP contribution in [0.5, 0.6) is 0 Å². The summed E-state index contributed by atoms with van der Waals surface area (Å²) in [4.78, 5) is 40.4. The van der Waals surface area contributed by atoms with E-state index in [9.17, 15) is 14.9 Å². The zero-order valence-electron chi connectivity index (χ0n) is 22.6. The molecule has 0 saturated carbocycles. The average molecular weight is 560 g/mol. The van der Waals surface area contributed by atoms with Crippen molar-refractivity contribution in [2.75, 3.05) is 16.8 Å². The van der Waals surface area contributed by atoms with Gasteiger partial charge in [0, 0.05) is 17.9 Å². The van der Waals surface area contributed by atoms with Crippen LogP contribution in [-0.4, -0.2) is 54.5 Å². The second-order valence-corrected chi connectivity index (χ2v) is 10.0. The van der Waals surface area contributed by atoms with Gasteiger partial charge < -0.3 is 16.4 Å². The number of amidine groups is 1. The van der Waals surface area contributed by atoms with Crippen molar-refractivity contribution in [1.82, 2.24) is 10.6 Å². The van der Waals surface area contributed by atoms with Gasteiger partial charge in [-0.3, -0.25) is 20.0 Å². The fraction of sp³-hybridized carbons (Fsp3) is 0.286. The van der Waals surface area contributed by atoms with Crippen LogP contribution < -0.4 is 26.6 Å². The number of anilines is 2. The summed E-state index contributed by atoms with van der Waals surface area (Å²) < 4.78 is 0. The summed E-state index contributed by atoms with van der Waals surface area (Å²) in [5, 5.41) is 18.7. The molecule has 0 saturated heterocycles. The van der Waals surface area contributed by atoms with Crippen LogP contribution in [0.3, 0.4) is 0 Å². The van der Waals surface area contributed by atoms with E-state index in [1.54, 1.807) is 24.3 Å². The number of carbonyl (C=O) groups is 2. The number of urea groups is 1. The molecule has 0 bridgehead atoms. The molecule has 206 valence electrons. The van der Waals surface area contributed by atoms with Gasteiger partial charge >= 0.3 is 6.03 Å². The first-order chi connectivity index (χ1) is 19.0. The van der Waals surface area contributed by atoms with Crippen molar-refractivity contribution in [3.05, 3.63) is 58.4 Å². The molecule has 40 heavy (non-hydrogen) atoms. The third kappa shape index (κ3) is 7.03. The summed E-state index contributed by atoms with van der Waals surface area (Å²) in [5.41, 5.74) is 6.24. The first kappa shape index (κ1) is 29.8. The smallest absolute Gasteiger partial charge is 0.319 e. The summed E-state index contributed by atoms with van der Waals surface area (Å²) >= 11 is 6.44. The zero-order chi connectivity index (χ0) is 29.4. The Balaban J connectivity index is 2.09. The number of nitrogens with two attached hydrogens (primary N) is 1. The number of terminal acetylenes is 1. The lowest BCUT2D eigenvalue weighted by Crippen LogP contribution is -2.61. The Morgan fingerprint density at radius 2 is 2.12 bits per heavy atom. The Labute approximate surface area is 238 Å². The van der Waals surface area contributed by atoms with Crippen LogP contribution in [-0.2, 0) is 4.79 Å². The lowest BCUT2D eigenvalue weighted by molar-refractivity contribution is -0.114.